The average Bonchev–Trinajstić information content (AvgIpc) is 3.32. The molecule has 1 fully saturated rings. The van der Waals surface area contributed by atoms with Crippen molar-refractivity contribution in [1.29, 1.82) is 0 Å². The van der Waals surface area contributed by atoms with Crippen molar-refractivity contribution in [2.75, 3.05) is 19.7 Å². The number of rotatable bonds is 4. The molecule has 3 heterocycles. The van der Waals surface area contributed by atoms with Gasteiger partial charge in [0.1, 0.15) is 0 Å². The van der Waals surface area contributed by atoms with E-state index in [-0.39, 0.29) is 24.6 Å². The third-order valence-corrected chi connectivity index (χ3v) is 6.30. The van der Waals surface area contributed by atoms with Crippen LogP contribution in [0, 0.1) is 6.92 Å². The second kappa shape index (κ2) is 8.57. The van der Waals surface area contributed by atoms with E-state index in [1.54, 1.807) is 28.5 Å². The van der Waals surface area contributed by atoms with Crippen LogP contribution < -0.4 is 5.73 Å². The van der Waals surface area contributed by atoms with Crippen LogP contribution in [-0.2, 0) is 11.3 Å². The fourth-order valence-electron chi connectivity index (χ4n) is 4.27. The van der Waals surface area contributed by atoms with Gasteiger partial charge in [0, 0.05) is 52.7 Å². The SMILES string of the molecule is CCOC(=O)N1CC[C@H](n2cc3nc(C)c(CN)c(-c4ccc(Cl)cc4Cl)c3c2O)C1. The van der Waals surface area contributed by atoms with Gasteiger partial charge < -0.3 is 25.0 Å². The summed E-state index contributed by atoms with van der Waals surface area (Å²) in [4.78, 5) is 18.4. The van der Waals surface area contributed by atoms with Crippen LogP contribution in [0.15, 0.2) is 24.4 Å². The maximum absolute atomic E-state index is 12.1. The fourth-order valence-corrected chi connectivity index (χ4v) is 4.78. The van der Waals surface area contributed by atoms with E-state index in [0.717, 1.165) is 22.4 Å². The second-order valence-corrected chi connectivity index (χ2v) is 8.43. The van der Waals surface area contributed by atoms with E-state index < -0.39 is 0 Å². The van der Waals surface area contributed by atoms with Crippen LogP contribution in [0.3, 0.4) is 0 Å². The predicted molar refractivity (Wildman–Crippen MR) is 122 cm³/mol. The van der Waals surface area contributed by atoms with Crippen LogP contribution >= 0.6 is 23.2 Å². The Kier molecular flexibility index (Phi) is 6.01. The molecule has 0 spiro atoms. The summed E-state index contributed by atoms with van der Waals surface area (Å²) in [6, 6.07) is 5.16. The molecular weight excluding hydrogens is 439 g/mol. The normalized spacial score (nSPS) is 16.3. The minimum Gasteiger partial charge on any atom is -0.494 e. The number of hydrogen-bond donors (Lipinski definition) is 2. The molecule has 164 valence electrons. The first-order valence-electron chi connectivity index (χ1n) is 10.2. The zero-order valence-corrected chi connectivity index (χ0v) is 18.9. The van der Waals surface area contributed by atoms with E-state index in [2.05, 4.69) is 4.98 Å². The lowest BCUT2D eigenvalue weighted by molar-refractivity contribution is 0.114. The lowest BCUT2D eigenvalue weighted by Gasteiger charge is -2.17. The monoisotopic (exact) mass is 462 g/mol. The van der Waals surface area contributed by atoms with Crippen LogP contribution in [0.2, 0.25) is 10.0 Å². The quantitative estimate of drug-likeness (QED) is 0.575. The highest BCUT2D eigenvalue weighted by atomic mass is 35.5. The standard InChI is InChI=1S/C22H24Cl2N4O3/c1-3-31-22(30)27-7-6-14(10-27)28-11-18-20(21(28)29)19(16(9-25)12(2)26-18)15-5-4-13(23)8-17(15)24/h4-5,8,11,14,29H,3,6-7,9-10,25H2,1-2H3/t14-/m0/s1. The molecule has 1 atom stereocenters. The first-order valence-corrected chi connectivity index (χ1v) is 10.9. The third kappa shape index (κ3) is 3.82. The van der Waals surface area contributed by atoms with E-state index >= 15 is 0 Å². The summed E-state index contributed by atoms with van der Waals surface area (Å²) in [6.07, 6.45) is 2.19. The van der Waals surface area contributed by atoms with Gasteiger partial charge in [0.25, 0.3) is 0 Å². The number of amides is 1. The van der Waals surface area contributed by atoms with Gasteiger partial charge in [-0.1, -0.05) is 29.3 Å². The van der Waals surface area contributed by atoms with Gasteiger partial charge >= 0.3 is 6.09 Å². The van der Waals surface area contributed by atoms with Crippen LogP contribution in [-0.4, -0.2) is 45.3 Å². The third-order valence-electron chi connectivity index (χ3n) is 5.75. The number of nitrogens with two attached hydrogens (primary N) is 1. The van der Waals surface area contributed by atoms with Crippen LogP contribution in [0.25, 0.3) is 22.0 Å². The number of aromatic hydroxyl groups is 1. The summed E-state index contributed by atoms with van der Waals surface area (Å²) < 4.78 is 6.89. The molecule has 0 radical (unpaired) electrons. The molecule has 0 bridgehead atoms. The van der Waals surface area contributed by atoms with E-state index in [0.29, 0.717) is 47.1 Å². The number of aromatic nitrogens is 2. The summed E-state index contributed by atoms with van der Waals surface area (Å²) in [5.41, 5.74) is 9.77. The summed E-state index contributed by atoms with van der Waals surface area (Å²) >= 11 is 12.6. The number of aryl methyl sites for hydroxylation is 1. The van der Waals surface area contributed by atoms with Crippen molar-refractivity contribution < 1.29 is 14.6 Å². The van der Waals surface area contributed by atoms with Gasteiger partial charge in [-0.05, 0) is 38.0 Å². The number of carbonyl (C=O) groups is 1. The van der Waals surface area contributed by atoms with Crippen LogP contribution in [0.1, 0.15) is 30.6 Å². The highest BCUT2D eigenvalue weighted by molar-refractivity contribution is 6.36. The number of fused-ring (bicyclic) bond motifs is 1. The predicted octanol–water partition coefficient (Wildman–Crippen LogP) is 4.89. The fraction of sp³-hybridized carbons (Fsp3) is 0.364. The Morgan fingerprint density at radius 1 is 1.39 bits per heavy atom. The number of benzene rings is 1. The molecule has 1 amide bonds. The Hall–Kier alpha value is -2.48. The summed E-state index contributed by atoms with van der Waals surface area (Å²) in [7, 11) is 0. The molecule has 0 unspecified atom stereocenters. The smallest absolute Gasteiger partial charge is 0.409 e. The number of nitrogens with zero attached hydrogens (tertiary/aromatic N) is 3. The molecule has 1 aromatic carbocycles. The van der Waals surface area contributed by atoms with Crippen LogP contribution in [0.4, 0.5) is 4.79 Å². The van der Waals surface area contributed by atoms with Crippen molar-refractivity contribution in [1.82, 2.24) is 14.5 Å². The molecule has 4 rings (SSSR count). The Labute approximate surface area is 190 Å². The first kappa shape index (κ1) is 21.7. The summed E-state index contributed by atoms with van der Waals surface area (Å²) in [6.45, 7) is 5.26. The van der Waals surface area contributed by atoms with Crippen molar-refractivity contribution in [3.05, 3.63) is 45.7 Å². The number of carbonyl (C=O) groups excluding carboxylic acids is 1. The highest BCUT2D eigenvalue weighted by Crippen LogP contribution is 2.43. The molecule has 2 aromatic heterocycles. The molecule has 1 saturated heterocycles. The zero-order chi connectivity index (χ0) is 22.3. The van der Waals surface area contributed by atoms with Gasteiger partial charge in [-0.25, -0.2) is 4.79 Å². The minimum absolute atomic E-state index is 0.0777. The number of ether oxygens (including phenoxy) is 1. The van der Waals surface area contributed by atoms with Gasteiger partial charge in [-0.15, -0.1) is 0 Å². The Balaban J connectivity index is 1.85. The average molecular weight is 463 g/mol. The maximum atomic E-state index is 12.1. The molecule has 7 nitrogen and oxygen atoms in total. The first-order chi connectivity index (χ1) is 14.8. The molecule has 9 heteroatoms. The van der Waals surface area contributed by atoms with Gasteiger partial charge in [-0.3, -0.25) is 4.98 Å². The van der Waals surface area contributed by atoms with Gasteiger partial charge in [0.15, 0.2) is 0 Å². The van der Waals surface area contributed by atoms with E-state index in [1.807, 2.05) is 19.2 Å². The van der Waals surface area contributed by atoms with E-state index in [1.165, 1.54) is 0 Å². The Bertz CT molecular complexity index is 1160. The number of likely N-dealkylation sites (tertiary alicyclic amines) is 1. The maximum Gasteiger partial charge on any atom is 0.409 e. The molecule has 1 aliphatic heterocycles. The lowest BCUT2D eigenvalue weighted by atomic mass is 9.95. The van der Waals surface area contributed by atoms with Gasteiger partial charge in [0.2, 0.25) is 5.88 Å². The molecule has 1 aliphatic rings. The topological polar surface area (TPSA) is 93.6 Å². The van der Waals surface area contributed by atoms with E-state index in [9.17, 15) is 9.90 Å². The highest BCUT2D eigenvalue weighted by Gasteiger charge is 2.31. The van der Waals surface area contributed by atoms with Crippen LogP contribution in [0.5, 0.6) is 5.88 Å². The van der Waals surface area contributed by atoms with Crippen molar-refractivity contribution >= 4 is 40.2 Å². The Morgan fingerprint density at radius 2 is 2.16 bits per heavy atom. The van der Waals surface area contributed by atoms with E-state index in [4.69, 9.17) is 33.7 Å². The minimum atomic E-state index is -0.339. The Morgan fingerprint density at radius 3 is 2.84 bits per heavy atom. The lowest BCUT2D eigenvalue weighted by Crippen LogP contribution is -2.29. The second-order valence-electron chi connectivity index (χ2n) is 7.59. The van der Waals surface area contributed by atoms with Gasteiger partial charge in [0.05, 0.1) is 23.6 Å². The number of pyridine rings is 1. The van der Waals surface area contributed by atoms with Crippen molar-refractivity contribution in [2.45, 2.75) is 32.9 Å². The molecule has 0 aliphatic carbocycles. The number of halogens is 2. The number of hydrogen-bond acceptors (Lipinski definition) is 5. The summed E-state index contributed by atoms with van der Waals surface area (Å²) in [5, 5.41) is 12.8. The molecular formula is C22H24Cl2N4O3. The van der Waals surface area contributed by atoms with Crippen molar-refractivity contribution in [3.8, 4) is 17.0 Å². The largest absolute Gasteiger partial charge is 0.494 e. The van der Waals surface area contributed by atoms with Crippen molar-refractivity contribution in [2.24, 2.45) is 5.73 Å². The molecule has 3 aromatic rings. The van der Waals surface area contributed by atoms with Crippen molar-refractivity contribution in [3.63, 3.8) is 0 Å². The summed E-state index contributed by atoms with van der Waals surface area (Å²) in [5.74, 6) is 0.0777. The van der Waals surface area contributed by atoms with Gasteiger partial charge in [-0.2, -0.15) is 0 Å². The molecule has 0 saturated carbocycles. The molecule has 31 heavy (non-hydrogen) atoms. The molecule has 3 N–H and O–H groups in total. The zero-order valence-electron chi connectivity index (χ0n) is 17.4.